The van der Waals surface area contributed by atoms with Crippen LogP contribution in [-0.4, -0.2) is 27.4 Å². The average molecular weight is 395 g/mol. The number of ether oxygens (including phenoxy) is 1. The standard InChI is InChI=1S/C22H25N3O4/c1-22(2,3)29-21(27)23-12-17-14-25(19-7-5-4-6-18(17)19)13-15-8-10-16(11-9-15)20(26)24-28/h4-11,14,28H,12-13H2,1-3H3,(H,23,27)(H,24,26). The molecule has 1 aromatic heterocycles. The lowest BCUT2D eigenvalue weighted by Crippen LogP contribution is -2.32. The van der Waals surface area contributed by atoms with E-state index in [4.69, 9.17) is 9.94 Å². The Balaban J connectivity index is 1.79. The number of nitrogens with zero attached hydrogens (tertiary/aromatic N) is 1. The predicted molar refractivity (Wildman–Crippen MR) is 110 cm³/mol. The summed E-state index contributed by atoms with van der Waals surface area (Å²) in [7, 11) is 0. The van der Waals surface area contributed by atoms with Gasteiger partial charge in [-0.2, -0.15) is 0 Å². The maximum absolute atomic E-state index is 12.0. The Labute approximate surface area is 169 Å². The van der Waals surface area contributed by atoms with Crippen molar-refractivity contribution >= 4 is 22.9 Å². The third-order valence-corrected chi connectivity index (χ3v) is 4.36. The lowest BCUT2D eigenvalue weighted by Gasteiger charge is -2.19. The van der Waals surface area contributed by atoms with Crippen LogP contribution in [0.15, 0.2) is 54.7 Å². The van der Waals surface area contributed by atoms with Crippen LogP contribution in [0, 0.1) is 0 Å². The highest BCUT2D eigenvalue weighted by atomic mass is 16.6. The molecule has 3 aromatic rings. The van der Waals surface area contributed by atoms with Crippen molar-refractivity contribution < 1.29 is 19.5 Å². The van der Waals surface area contributed by atoms with E-state index in [9.17, 15) is 9.59 Å². The summed E-state index contributed by atoms with van der Waals surface area (Å²) in [6.45, 7) is 6.45. The van der Waals surface area contributed by atoms with E-state index in [0.29, 0.717) is 18.7 Å². The van der Waals surface area contributed by atoms with Gasteiger partial charge in [0.1, 0.15) is 5.60 Å². The molecule has 0 bridgehead atoms. The topological polar surface area (TPSA) is 92.6 Å². The normalized spacial score (nSPS) is 11.3. The molecule has 0 unspecified atom stereocenters. The summed E-state index contributed by atoms with van der Waals surface area (Å²) >= 11 is 0. The average Bonchev–Trinajstić information content (AvgIpc) is 3.03. The van der Waals surface area contributed by atoms with Crippen molar-refractivity contribution in [3.63, 3.8) is 0 Å². The summed E-state index contributed by atoms with van der Waals surface area (Å²) in [6, 6.07) is 15.0. The summed E-state index contributed by atoms with van der Waals surface area (Å²) in [5, 5.41) is 12.6. The lowest BCUT2D eigenvalue weighted by molar-refractivity contribution is 0.0523. The number of rotatable bonds is 5. The van der Waals surface area contributed by atoms with Gasteiger partial charge in [0.15, 0.2) is 0 Å². The van der Waals surface area contributed by atoms with Crippen molar-refractivity contribution in [2.24, 2.45) is 0 Å². The molecule has 3 N–H and O–H groups in total. The number of hydrogen-bond acceptors (Lipinski definition) is 4. The third kappa shape index (κ3) is 5.14. The molecule has 7 heteroatoms. The molecule has 0 radical (unpaired) electrons. The zero-order chi connectivity index (χ0) is 21.0. The maximum Gasteiger partial charge on any atom is 0.407 e. The number of hydrogen-bond donors (Lipinski definition) is 3. The fraction of sp³-hybridized carbons (Fsp3) is 0.273. The Bertz CT molecular complexity index is 1020. The fourth-order valence-electron chi connectivity index (χ4n) is 3.10. The van der Waals surface area contributed by atoms with Crippen molar-refractivity contribution in [1.29, 1.82) is 0 Å². The van der Waals surface area contributed by atoms with E-state index < -0.39 is 17.6 Å². The van der Waals surface area contributed by atoms with Crippen LogP contribution in [-0.2, 0) is 17.8 Å². The van der Waals surface area contributed by atoms with Crippen molar-refractivity contribution in [3.05, 3.63) is 71.4 Å². The first kappa shape index (κ1) is 20.4. The van der Waals surface area contributed by atoms with Crippen molar-refractivity contribution in [2.75, 3.05) is 0 Å². The van der Waals surface area contributed by atoms with Crippen LogP contribution in [0.1, 0.15) is 42.3 Å². The zero-order valence-corrected chi connectivity index (χ0v) is 16.7. The van der Waals surface area contributed by atoms with Crippen molar-refractivity contribution in [2.45, 2.75) is 39.5 Å². The van der Waals surface area contributed by atoms with Gasteiger partial charge in [-0.05, 0) is 50.1 Å². The van der Waals surface area contributed by atoms with E-state index in [1.807, 2.05) is 63.4 Å². The van der Waals surface area contributed by atoms with Crippen molar-refractivity contribution in [1.82, 2.24) is 15.4 Å². The van der Waals surface area contributed by atoms with Crippen molar-refractivity contribution in [3.8, 4) is 0 Å². The fourth-order valence-corrected chi connectivity index (χ4v) is 3.10. The molecule has 0 aliphatic carbocycles. The highest BCUT2D eigenvalue weighted by Gasteiger charge is 2.17. The van der Waals surface area contributed by atoms with E-state index in [1.165, 1.54) is 0 Å². The molecule has 7 nitrogen and oxygen atoms in total. The van der Waals surface area contributed by atoms with Crippen LogP contribution in [0.3, 0.4) is 0 Å². The summed E-state index contributed by atoms with van der Waals surface area (Å²) in [5.41, 5.74) is 4.51. The zero-order valence-electron chi connectivity index (χ0n) is 16.7. The number of hydroxylamine groups is 1. The van der Waals surface area contributed by atoms with E-state index in [-0.39, 0.29) is 0 Å². The van der Waals surface area contributed by atoms with Gasteiger partial charge >= 0.3 is 6.09 Å². The number of fused-ring (bicyclic) bond motifs is 1. The second-order valence-corrected chi connectivity index (χ2v) is 7.79. The molecule has 152 valence electrons. The number of benzene rings is 2. The molecule has 0 aliphatic heterocycles. The van der Waals surface area contributed by atoms with Gasteiger partial charge in [0.2, 0.25) is 0 Å². The van der Waals surface area contributed by atoms with Crippen LogP contribution >= 0.6 is 0 Å². The van der Waals surface area contributed by atoms with Gasteiger partial charge in [-0.1, -0.05) is 30.3 Å². The Hall–Kier alpha value is -3.32. The Morgan fingerprint density at radius 1 is 1.07 bits per heavy atom. The molecule has 0 atom stereocenters. The minimum absolute atomic E-state index is 0.359. The number of carbonyl (C=O) groups excluding carboxylic acids is 2. The Morgan fingerprint density at radius 3 is 2.41 bits per heavy atom. The van der Waals surface area contributed by atoms with Crippen LogP contribution < -0.4 is 10.8 Å². The predicted octanol–water partition coefficient (Wildman–Crippen LogP) is 3.83. The minimum Gasteiger partial charge on any atom is -0.444 e. The number of alkyl carbamates (subject to hydrolysis) is 1. The summed E-state index contributed by atoms with van der Waals surface area (Å²) in [6.07, 6.45) is 1.56. The second kappa shape index (κ2) is 8.36. The Morgan fingerprint density at radius 2 is 1.76 bits per heavy atom. The molecule has 0 saturated heterocycles. The molecule has 3 rings (SSSR count). The molecule has 1 heterocycles. The molecule has 2 aromatic carbocycles. The first-order valence-electron chi connectivity index (χ1n) is 9.34. The van der Waals surface area contributed by atoms with E-state index in [0.717, 1.165) is 22.0 Å². The smallest absolute Gasteiger partial charge is 0.407 e. The van der Waals surface area contributed by atoms with Gasteiger partial charge in [-0.15, -0.1) is 0 Å². The molecular formula is C22H25N3O4. The van der Waals surface area contributed by atoms with Gasteiger partial charge in [-0.3, -0.25) is 10.0 Å². The van der Waals surface area contributed by atoms with Gasteiger partial charge in [-0.25, -0.2) is 10.3 Å². The molecule has 0 saturated carbocycles. The van der Waals surface area contributed by atoms with Gasteiger partial charge in [0.25, 0.3) is 5.91 Å². The molecule has 0 aliphatic rings. The summed E-state index contributed by atoms with van der Waals surface area (Å²) in [4.78, 5) is 23.5. The first-order valence-corrected chi connectivity index (χ1v) is 9.34. The summed E-state index contributed by atoms with van der Waals surface area (Å²) in [5.74, 6) is -0.543. The number of nitrogens with one attached hydrogen (secondary N) is 2. The van der Waals surface area contributed by atoms with Crippen LogP contribution in [0.2, 0.25) is 0 Å². The first-order chi connectivity index (χ1) is 13.8. The molecule has 29 heavy (non-hydrogen) atoms. The maximum atomic E-state index is 12.0. The number of carbonyl (C=O) groups is 2. The van der Waals surface area contributed by atoms with Gasteiger partial charge in [0.05, 0.1) is 0 Å². The molecule has 2 amide bonds. The van der Waals surface area contributed by atoms with E-state index in [1.54, 1.807) is 17.6 Å². The van der Waals surface area contributed by atoms with Crippen LogP contribution in [0.5, 0.6) is 0 Å². The van der Waals surface area contributed by atoms with Gasteiger partial charge in [0, 0.05) is 35.8 Å². The highest BCUT2D eigenvalue weighted by Crippen LogP contribution is 2.23. The highest BCUT2D eigenvalue weighted by molar-refractivity contribution is 5.93. The summed E-state index contributed by atoms with van der Waals surface area (Å²) < 4.78 is 7.41. The number of aromatic nitrogens is 1. The van der Waals surface area contributed by atoms with Crippen LogP contribution in [0.4, 0.5) is 4.79 Å². The number of para-hydroxylation sites is 1. The van der Waals surface area contributed by atoms with Gasteiger partial charge < -0.3 is 14.6 Å². The van der Waals surface area contributed by atoms with E-state index >= 15 is 0 Å². The minimum atomic E-state index is -0.544. The lowest BCUT2D eigenvalue weighted by atomic mass is 10.1. The molecule has 0 fully saturated rings. The molecule has 0 spiro atoms. The SMILES string of the molecule is CC(C)(C)OC(=O)NCc1cn(Cc2ccc(C(=O)NO)cc2)c2ccccc12. The number of amides is 2. The largest absolute Gasteiger partial charge is 0.444 e. The Kier molecular flexibility index (Phi) is 5.89. The second-order valence-electron chi connectivity index (χ2n) is 7.79. The third-order valence-electron chi connectivity index (χ3n) is 4.36. The van der Waals surface area contributed by atoms with Crippen LogP contribution in [0.25, 0.3) is 10.9 Å². The molecular weight excluding hydrogens is 370 g/mol. The monoisotopic (exact) mass is 395 g/mol. The quantitative estimate of drug-likeness (QED) is 0.452. The van der Waals surface area contributed by atoms with E-state index in [2.05, 4.69) is 9.88 Å².